The minimum Gasteiger partial charge on any atom is -0.392 e. The van der Waals surface area contributed by atoms with Crippen LogP contribution in [0.2, 0.25) is 0 Å². The summed E-state index contributed by atoms with van der Waals surface area (Å²) in [5.74, 6) is -0.569. The van der Waals surface area contributed by atoms with Crippen molar-refractivity contribution in [3.05, 3.63) is 29.1 Å². The lowest BCUT2D eigenvalue weighted by Crippen LogP contribution is -2.33. The normalized spacial score (nSPS) is 12.7. The molecule has 0 unspecified atom stereocenters. The van der Waals surface area contributed by atoms with Crippen LogP contribution in [0.25, 0.3) is 0 Å². The molecule has 0 spiro atoms. The number of aliphatic hydroxyl groups excluding tert-OH is 1. The van der Waals surface area contributed by atoms with Crippen LogP contribution in [0.5, 0.6) is 0 Å². The lowest BCUT2D eigenvalue weighted by molar-refractivity contribution is 0.275. The van der Waals surface area contributed by atoms with Crippen LogP contribution < -0.4 is 4.72 Å². The summed E-state index contributed by atoms with van der Waals surface area (Å²) in [7, 11) is -3.70. The summed E-state index contributed by atoms with van der Waals surface area (Å²) in [6, 6.07) is 2.44. The smallest absolute Gasteiger partial charge is 0.240 e. The average Bonchev–Trinajstić information content (AvgIpc) is 2.39. The van der Waals surface area contributed by atoms with E-state index in [1.165, 1.54) is 19.1 Å². The molecule has 0 aromatic heterocycles. The van der Waals surface area contributed by atoms with Crippen molar-refractivity contribution in [2.45, 2.75) is 45.6 Å². The molecule has 2 N–H and O–H groups in total. The van der Waals surface area contributed by atoms with Gasteiger partial charge < -0.3 is 5.11 Å². The molecular weight excluding hydrogens is 281 g/mol. The first-order valence-corrected chi connectivity index (χ1v) is 8.01. The van der Waals surface area contributed by atoms with E-state index in [-0.39, 0.29) is 21.4 Å². The van der Waals surface area contributed by atoms with Gasteiger partial charge in [-0.25, -0.2) is 17.5 Å². The molecule has 6 heteroatoms. The monoisotopic (exact) mass is 303 g/mol. The molecule has 1 aromatic rings. The number of hydrogen-bond acceptors (Lipinski definition) is 3. The maximum atomic E-state index is 13.6. The van der Waals surface area contributed by atoms with Crippen LogP contribution in [0.4, 0.5) is 4.39 Å². The van der Waals surface area contributed by atoms with Crippen molar-refractivity contribution in [1.82, 2.24) is 4.72 Å². The molecular formula is C14H22FNO3S. The van der Waals surface area contributed by atoms with E-state index in [9.17, 15) is 12.8 Å². The van der Waals surface area contributed by atoms with E-state index in [4.69, 9.17) is 5.11 Å². The maximum absolute atomic E-state index is 13.6. The Kier molecular flexibility index (Phi) is 5.29. The van der Waals surface area contributed by atoms with Crippen LogP contribution in [0.3, 0.4) is 0 Å². The summed E-state index contributed by atoms with van der Waals surface area (Å²) in [5.41, 5.74) is 0.0360. The Bertz CT molecular complexity index is 582. The number of halogens is 1. The highest BCUT2D eigenvalue weighted by molar-refractivity contribution is 7.89. The van der Waals surface area contributed by atoms with E-state index < -0.39 is 22.4 Å². The van der Waals surface area contributed by atoms with Gasteiger partial charge in [-0.2, -0.15) is 0 Å². The number of nitrogens with one attached hydrogen (secondary N) is 1. The van der Waals surface area contributed by atoms with Crippen LogP contribution in [0.1, 0.15) is 38.3 Å². The number of benzene rings is 1. The molecule has 0 atom stereocenters. The first-order chi connectivity index (χ1) is 9.13. The zero-order chi connectivity index (χ0) is 15.6. The van der Waals surface area contributed by atoms with Crippen LogP contribution in [-0.4, -0.2) is 20.1 Å². The summed E-state index contributed by atoms with van der Waals surface area (Å²) in [4.78, 5) is -0.0210. The molecule has 114 valence electrons. The zero-order valence-electron chi connectivity index (χ0n) is 12.3. The van der Waals surface area contributed by atoms with Crippen molar-refractivity contribution in [1.29, 1.82) is 0 Å². The second kappa shape index (κ2) is 6.20. The fourth-order valence-corrected chi connectivity index (χ4v) is 2.95. The van der Waals surface area contributed by atoms with Crippen molar-refractivity contribution in [3.8, 4) is 0 Å². The predicted octanol–water partition coefficient (Wildman–Crippen LogP) is 2.34. The molecule has 0 fully saturated rings. The van der Waals surface area contributed by atoms with Crippen molar-refractivity contribution < 1.29 is 17.9 Å². The summed E-state index contributed by atoms with van der Waals surface area (Å²) < 4.78 is 40.6. The molecule has 0 aliphatic rings. The fourth-order valence-electron chi connectivity index (χ4n) is 1.58. The molecule has 4 nitrogen and oxygen atoms in total. The summed E-state index contributed by atoms with van der Waals surface area (Å²) in [6.07, 6.45) is 0.833. The first kappa shape index (κ1) is 17.1. The van der Waals surface area contributed by atoms with Crippen LogP contribution in [-0.2, 0) is 16.6 Å². The molecule has 0 amide bonds. The number of hydrogen-bond donors (Lipinski definition) is 2. The van der Waals surface area contributed by atoms with Crippen molar-refractivity contribution in [2.24, 2.45) is 5.41 Å². The molecule has 0 bridgehead atoms. The number of sulfonamides is 1. The Balaban J connectivity index is 3.07. The third-order valence-electron chi connectivity index (χ3n) is 3.48. The Morgan fingerprint density at radius 2 is 1.95 bits per heavy atom. The standard InChI is InChI=1S/C14H22FNO3S/c1-5-14(3,4)9-16-20(18,19)12-6-10(2)13(15)11(7-12)8-17/h6-7,16-17H,5,8-9H2,1-4H3. The van der Waals surface area contributed by atoms with Crippen LogP contribution >= 0.6 is 0 Å². The van der Waals surface area contributed by atoms with Gasteiger partial charge in [-0.1, -0.05) is 20.8 Å². The summed E-state index contributed by atoms with van der Waals surface area (Å²) in [6.45, 7) is 7.16. The van der Waals surface area contributed by atoms with E-state index in [1.54, 1.807) is 0 Å². The lowest BCUT2D eigenvalue weighted by Gasteiger charge is -2.23. The van der Waals surface area contributed by atoms with Gasteiger partial charge >= 0.3 is 0 Å². The second-order valence-electron chi connectivity index (χ2n) is 5.71. The Labute approximate surface area is 120 Å². The van der Waals surface area contributed by atoms with Gasteiger partial charge in [-0.05, 0) is 36.5 Å². The SMILES string of the molecule is CCC(C)(C)CNS(=O)(=O)c1cc(C)c(F)c(CO)c1. The van der Waals surface area contributed by atoms with E-state index in [1.807, 2.05) is 20.8 Å². The van der Waals surface area contributed by atoms with Crippen molar-refractivity contribution in [2.75, 3.05) is 6.54 Å². The number of aryl methyl sites for hydroxylation is 1. The molecule has 20 heavy (non-hydrogen) atoms. The fraction of sp³-hybridized carbons (Fsp3) is 0.571. The van der Waals surface area contributed by atoms with Gasteiger partial charge in [-0.3, -0.25) is 0 Å². The third kappa shape index (κ3) is 4.01. The quantitative estimate of drug-likeness (QED) is 0.847. The van der Waals surface area contributed by atoms with E-state index in [0.29, 0.717) is 6.54 Å². The molecule has 1 rings (SSSR count). The van der Waals surface area contributed by atoms with Crippen molar-refractivity contribution in [3.63, 3.8) is 0 Å². The highest BCUT2D eigenvalue weighted by Gasteiger charge is 2.22. The minimum absolute atomic E-state index is 0.0138. The second-order valence-corrected chi connectivity index (χ2v) is 7.48. The molecule has 1 aromatic carbocycles. The van der Waals surface area contributed by atoms with Gasteiger partial charge in [0.15, 0.2) is 0 Å². The van der Waals surface area contributed by atoms with E-state index in [0.717, 1.165) is 6.42 Å². The van der Waals surface area contributed by atoms with Gasteiger partial charge in [0, 0.05) is 12.1 Å². The average molecular weight is 303 g/mol. The van der Waals surface area contributed by atoms with Crippen molar-refractivity contribution >= 4 is 10.0 Å². The summed E-state index contributed by atoms with van der Waals surface area (Å²) >= 11 is 0. The van der Waals surface area contributed by atoms with Gasteiger partial charge in [0.1, 0.15) is 5.82 Å². The van der Waals surface area contributed by atoms with E-state index >= 15 is 0 Å². The van der Waals surface area contributed by atoms with E-state index in [2.05, 4.69) is 4.72 Å². The number of aliphatic hydroxyl groups is 1. The Hall–Kier alpha value is -0.980. The number of rotatable bonds is 6. The van der Waals surface area contributed by atoms with Crippen LogP contribution in [0, 0.1) is 18.2 Å². The highest BCUT2D eigenvalue weighted by Crippen LogP contribution is 2.22. The molecule has 0 heterocycles. The topological polar surface area (TPSA) is 66.4 Å². The Morgan fingerprint density at radius 1 is 1.35 bits per heavy atom. The molecule has 0 aliphatic heterocycles. The Morgan fingerprint density at radius 3 is 2.45 bits per heavy atom. The largest absolute Gasteiger partial charge is 0.392 e. The van der Waals surface area contributed by atoms with Gasteiger partial charge in [0.25, 0.3) is 0 Å². The summed E-state index contributed by atoms with van der Waals surface area (Å²) in [5, 5.41) is 9.08. The third-order valence-corrected chi connectivity index (χ3v) is 4.86. The zero-order valence-corrected chi connectivity index (χ0v) is 13.1. The lowest BCUT2D eigenvalue weighted by atomic mass is 9.91. The molecule has 0 saturated carbocycles. The van der Waals surface area contributed by atoms with Gasteiger partial charge in [0.2, 0.25) is 10.0 Å². The predicted molar refractivity (Wildman–Crippen MR) is 76.3 cm³/mol. The molecule has 0 aliphatic carbocycles. The maximum Gasteiger partial charge on any atom is 0.240 e. The molecule has 0 saturated heterocycles. The van der Waals surface area contributed by atoms with Gasteiger partial charge in [0.05, 0.1) is 11.5 Å². The minimum atomic E-state index is -3.70. The first-order valence-electron chi connectivity index (χ1n) is 6.52. The highest BCUT2D eigenvalue weighted by atomic mass is 32.2. The molecule has 0 radical (unpaired) electrons. The van der Waals surface area contributed by atoms with Crippen LogP contribution in [0.15, 0.2) is 17.0 Å². The van der Waals surface area contributed by atoms with Gasteiger partial charge in [-0.15, -0.1) is 0 Å².